The molecule has 0 radical (unpaired) electrons. The van der Waals surface area contributed by atoms with Gasteiger partial charge >= 0.3 is 0 Å². The van der Waals surface area contributed by atoms with Crippen LogP contribution < -0.4 is 5.32 Å². The number of benzene rings is 1. The lowest BCUT2D eigenvalue weighted by Crippen LogP contribution is -2.62. The Balaban J connectivity index is 1.77. The van der Waals surface area contributed by atoms with Crippen molar-refractivity contribution in [1.29, 1.82) is 0 Å². The van der Waals surface area contributed by atoms with Crippen LogP contribution in [0.25, 0.3) is 6.08 Å². The summed E-state index contributed by atoms with van der Waals surface area (Å²) in [6, 6.07) is 6.78. The maximum Gasteiger partial charge on any atom is 0.276 e. The first-order valence-corrected chi connectivity index (χ1v) is 8.71. The summed E-state index contributed by atoms with van der Waals surface area (Å²) in [4.78, 5) is 10.8. The van der Waals surface area contributed by atoms with E-state index in [9.17, 15) is 10.1 Å². The monoisotopic (exact) mass is 330 g/mol. The van der Waals surface area contributed by atoms with Crippen LogP contribution in [0, 0.1) is 22.0 Å². The standard InChI is InChI=1S/C19H26N2O3/c1-13-8-10-15-17(12-13)24-18(20-19(15,2)3)11-9-14-6-4-5-7-16(14)21(22)23/h4-7,9,11,13,15,17-18,20H,8,10,12H2,1-3H3/b11-9+/t13-,15-,17-,18+/m1/s1. The van der Waals surface area contributed by atoms with Crippen molar-refractivity contribution in [3.63, 3.8) is 0 Å². The second kappa shape index (κ2) is 6.65. The molecule has 2 fully saturated rings. The molecule has 0 spiro atoms. The fraction of sp³-hybridized carbons (Fsp3) is 0.579. The summed E-state index contributed by atoms with van der Waals surface area (Å²) >= 11 is 0. The van der Waals surface area contributed by atoms with E-state index in [1.165, 1.54) is 18.9 Å². The second-order valence-corrected chi connectivity index (χ2v) is 7.66. The van der Waals surface area contributed by atoms with Crippen molar-refractivity contribution in [2.45, 2.75) is 57.9 Å². The number of ether oxygens (including phenoxy) is 1. The van der Waals surface area contributed by atoms with Crippen LogP contribution in [0.15, 0.2) is 30.3 Å². The Kier molecular flexibility index (Phi) is 4.74. The molecule has 4 atom stereocenters. The van der Waals surface area contributed by atoms with Gasteiger partial charge in [0.2, 0.25) is 0 Å². The van der Waals surface area contributed by atoms with Gasteiger partial charge < -0.3 is 4.74 Å². The van der Waals surface area contributed by atoms with Crippen LogP contribution in [-0.4, -0.2) is 22.8 Å². The maximum atomic E-state index is 11.1. The molecule has 1 saturated carbocycles. The van der Waals surface area contributed by atoms with Gasteiger partial charge in [0.1, 0.15) is 6.23 Å². The van der Waals surface area contributed by atoms with Gasteiger partial charge in [0, 0.05) is 17.5 Å². The van der Waals surface area contributed by atoms with Gasteiger partial charge in [0.05, 0.1) is 16.6 Å². The minimum Gasteiger partial charge on any atom is -0.356 e. The Labute approximate surface area is 143 Å². The van der Waals surface area contributed by atoms with Crippen LogP contribution in [-0.2, 0) is 4.74 Å². The number of hydrogen-bond acceptors (Lipinski definition) is 4. The number of nitro benzene ring substituents is 1. The van der Waals surface area contributed by atoms with E-state index in [1.807, 2.05) is 12.1 Å². The highest BCUT2D eigenvalue weighted by atomic mass is 16.6. The van der Waals surface area contributed by atoms with Crippen molar-refractivity contribution in [3.05, 3.63) is 46.0 Å². The lowest BCUT2D eigenvalue weighted by molar-refractivity contribution is -0.385. The van der Waals surface area contributed by atoms with Gasteiger partial charge in [0.25, 0.3) is 5.69 Å². The summed E-state index contributed by atoms with van der Waals surface area (Å²) in [7, 11) is 0. The summed E-state index contributed by atoms with van der Waals surface area (Å²) in [6.45, 7) is 6.75. The molecule has 0 unspecified atom stereocenters. The molecule has 1 heterocycles. The van der Waals surface area contributed by atoms with Crippen molar-refractivity contribution < 1.29 is 9.66 Å². The first kappa shape index (κ1) is 17.1. The quantitative estimate of drug-likeness (QED) is 0.668. The fourth-order valence-electron chi connectivity index (χ4n) is 4.08. The van der Waals surface area contributed by atoms with Gasteiger partial charge in [-0.3, -0.25) is 15.4 Å². The molecule has 1 aromatic carbocycles. The van der Waals surface area contributed by atoms with E-state index in [0.717, 1.165) is 6.42 Å². The highest BCUT2D eigenvalue weighted by molar-refractivity contribution is 5.60. The van der Waals surface area contributed by atoms with E-state index in [2.05, 4.69) is 26.1 Å². The van der Waals surface area contributed by atoms with E-state index in [4.69, 9.17) is 4.74 Å². The van der Waals surface area contributed by atoms with Gasteiger partial charge in [-0.2, -0.15) is 0 Å². The SMILES string of the molecule is C[C@@H]1CC[C@@H]2[C@@H](C1)O[C@@H](/C=C/c1ccccc1[N+](=O)[O-])NC2(C)C. The first-order valence-electron chi connectivity index (χ1n) is 8.71. The first-order chi connectivity index (χ1) is 11.4. The van der Waals surface area contributed by atoms with Crippen LogP contribution in [0.2, 0.25) is 0 Å². The van der Waals surface area contributed by atoms with E-state index in [-0.39, 0.29) is 28.5 Å². The normalized spacial score (nSPS) is 32.5. The molecule has 130 valence electrons. The third-order valence-electron chi connectivity index (χ3n) is 5.40. The number of nitrogens with one attached hydrogen (secondary N) is 1. The molecule has 0 amide bonds. The zero-order valence-corrected chi connectivity index (χ0v) is 14.6. The van der Waals surface area contributed by atoms with Gasteiger partial charge in [0.15, 0.2) is 0 Å². The van der Waals surface area contributed by atoms with Crippen LogP contribution in [0.5, 0.6) is 0 Å². The van der Waals surface area contributed by atoms with E-state index < -0.39 is 0 Å². The molecule has 5 heteroatoms. The van der Waals surface area contributed by atoms with Gasteiger partial charge in [-0.15, -0.1) is 0 Å². The minimum absolute atomic E-state index is 0.000679. The largest absolute Gasteiger partial charge is 0.356 e. The Morgan fingerprint density at radius 1 is 1.33 bits per heavy atom. The van der Waals surface area contributed by atoms with Gasteiger partial charge in [-0.25, -0.2) is 0 Å². The summed E-state index contributed by atoms with van der Waals surface area (Å²) in [5.41, 5.74) is 0.721. The Morgan fingerprint density at radius 3 is 2.83 bits per heavy atom. The number of hydrogen-bond donors (Lipinski definition) is 1. The summed E-state index contributed by atoms with van der Waals surface area (Å²) in [5.74, 6) is 1.21. The van der Waals surface area contributed by atoms with Crippen LogP contribution >= 0.6 is 0 Å². The maximum absolute atomic E-state index is 11.1. The van der Waals surface area contributed by atoms with Crippen molar-refractivity contribution >= 4 is 11.8 Å². The van der Waals surface area contributed by atoms with Crippen LogP contribution in [0.1, 0.15) is 45.6 Å². The molecular weight excluding hydrogens is 304 g/mol. The topological polar surface area (TPSA) is 64.4 Å². The number of nitrogens with zero attached hydrogens (tertiary/aromatic N) is 1. The number of rotatable bonds is 3. The van der Waals surface area contributed by atoms with Crippen LogP contribution in [0.4, 0.5) is 5.69 Å². The van der Waals surface area contributed by atoms with E-state index in [0.29, 0.717) is 17.4 Å². The Bertz CT molecular complexity index is 641. The van der Waals surface area contributed by atoms with Crippen molar-refractivity contribution in [2.75, 3.05) is 0 Å². The van der Waals surface area contributed by atoms with E-state index >= 15 is 0 Å². The van der Waals surface area contributed by atoms with Crippen molar-refractivity contribution in [2.24, 2.45) is 11.8 Å². The third kappa shape index (κ3) is 3.52. The smallest absolute Gasteiger partial charge is 0.276 e. The molecule has 1 aliphatic heterocycles. The Morgan fingerprint density at radius 2 is 2.08 bits per heavy atom. The van der Waals surface area contributed by atoms with Gasteiger partial charge in [-0.1, -0.05) is 25.5 Å². The lowest BCUT2D eigenvalue weighted by Gasteiger charge is -2.50. The fourth-order valence-corrected chi connectivity index (χ4v) is 4.08. The molecule has 1 N–H and O–H groups in total. The van der Waals surface area contributed by atoms with E-state index in [1.54, 1.807) is 18.2 Å². The number of fused-ring (bicyclic) bond motifs is 1. The molecule has 3 rings (SSSR count). The molecule has 5 nitrogen and oxygen atoms in total. The number of nitro groups is 1. The molecule has 2 aliphatic rings. The average Bonchev–Trinajstić information content (AvgIpc) is 2.52. The van der Waals surface area contributed by atoms with Crippen molar-refractivity contribution in [3.8, 4) is 0 Å². The molecule has 24 heavy (non-hydrogen) atoms. The molecular formula is C19H26N2O3. The zero-order chi connectivity index (χ0) is 17.3. The summed E-state index contributed by atoms with van der Waals surface area (Å²) < 4.78 is 6.25. The summed E-state index contributed by atoms with van der Waals surface area (Å²) in [5, 5.41) is 14.7. The molecule has 1 aromatic rings. The lowest BCUT2D eigenvalue weighted by atomic mass is 9.70. The van der Waals surface area contributed by atoms with Crippen LogP contribution in [0.3, 0.4) is 0 Å². The third-order valence-corrected chi connectivity index (χ3v) is 5.40. The minimum atomic E-state index is -0.350. The number of para-hydroxylation sites is 1. The molecule has 0 aromatic heterocycles. The molecule has 1 aliphatic carbocycles. The second-order valence-electron chi connectivity index (χ2n) is 7.66. The highest BCUT2D eigenvalue weighted by Gasteiger charge is 2.44. The Hall–Kier alpha value is -1.72. The predicted octanol–water partition coefficient (Wildman–Crippen LogP) is 4.14. The summed E-state index contributed by atoms with van der Waals surface area (Å²) in [6.07, 6.45) is 7.26. The zero-order valence-electron chi connectivity index (χ0n) is 14.6. The highest BCUT2D eigenvalue weighted by Crippen LogP contribution is 2.40. The predicted molar refractivity (Wildman–Crippen MR) is 94.5 cm³/mol. The van der Waals surface area contributed by atoms with Gasteiger partial charge in [-0.05, 0) is 50.8 Å². The molecule has 0 bridgehead atoms. The molecule has 1 saturated heterocycles. The average molecular weight is 330 g/mol. The van der Waals surface area contributed by atoms with Crippen molar-refractivity contribution in [1.82, 2.24) is 5.32 Å².